The van der Waals surface area contributed by atoms with Crippen LogP contribution in [0, 0.1) is 0 Å². The molecule has 4 nitrogen and oxygen atoms in total. The van der Waals surface area contributed by atoms with Gasteiger partial charge in [-0.2, -0.15) is 13.2 Å². The monoisotopic (exact) mass is 379 g/mol. The van der Waals surface area contributed by atoms with Gasteiger partial charge in [0.1, 0.15) is 6.04 Å². The van der Waals surface area contributed by atoms with Crippen LogP contribution < -0.4 is 0 Å². The van der Waals surface area contributed by atoms with Gasteiger partial charge in [-0.1, -0.05) is 28.1 Å². The van der Waals surface area contributed by atoms with E-state index in [9.17, 15) is 27.9 Å². The van der Waals surface area contributed by atoms with E-state index in [0.717, 1.165) is 20.5 Å². The van der Waals surface area contributed by atoms with E-state index in [1.54, 1.807) is 18.2 Å². The Hall–Kier alpha value is -1.57. The van der Waals surface area contributed by atoms with E-state index in [2.05, 4.69) is 15.9 Å². The lowest BCUT2D eigenvalue weighted by molar-refractivity contribution is -0.157. The molecular weight excluding hydrogens is 367 g/mol. The van der Waals surface area contributed by atoms with Crippen LogP contribution in [0.3, 0.4) is 0 Å². The highest BCUT2D eigenvalue weighted by Gasteiger charge is 2.37. The summed E-state index contributed by atoms with van der Waals surface area (Å²) in [6.07, 6.45) is -6.36. The molecule has 0 spiro atoms. The standard InChI is InChI=1S/C14H13BrF3NO3/c15-10-3-1-2-8-7-19(11(13(21)22)6-9(8)10)12(20)4-5-14(16,17)18/h1-3,11H,4-7H2,(H,21,22). The maximum absolute atomic E-state index is 12.2. The van der Waals surface area contributed by atoms with Gasteiger partial charge in [0, 0.05) is 23.9 Å². The second-order valence-corrected chi connectivity index (χ2v) is 5.93. The highest BCUT2D eigenvalue weighted by molar-refractivity contribution is 9.10. The van der Waals surface area contributed by atoms with Crippen molar-refractivity contribution in [2.24, 2.45) is 0 Å². The van der Waals surface area contributed by atoms with Crippen molar-refractivity contribution in [2.45, 2.75) is 38.0 Å². The molecule has 8 heteroatoms. The number of carbonyl (C=O) groups excluding carboxylic acids is 1. The number of amides is 1. The Morgan fingerprint density at radius 3 is 2.64 bits per heavy atom. The fourth-order valence-corrected chi connectivity index (χ4v) is 3.02. The number of carboxylic acid groups (broad SMARTS) is 1. The zero-order valence-corrected chi connectivity index (χ0v) is 12.9. The maximum Gasteiger partial charge on any atom is 0.389 e. The Morgan fingerprint density at radius 2 is 2.05 bits per heavy atom. The van der Waals surface area contributed by atoms with Crippen molar-refractivity contribution in [2.75, 3.05) is 0 Å². The van der Waals surface area contributed by atoms with Crippen LogP contribution >= 0.6 is 15.9 Å². The fraction of sp³-hybridized carbons (Fsp3) is 0.429. The van der Waals surface area contributed by atoms with Gasteiger partial charge in [0.2, 0.25) is 5.91 Å². The Balaban J connectivity index is 2.22. The van der Waals surface area contributed by atoms with Crippen LogP contribution in [-0.2, 0) is 22.6 Å². The SMILES string of the molecule is O=C(O)C1Cc2c(Br)cccc2CN1C(=O)CCC(F)(F)F. The second-order valence-electron chi connectivity index (χ2n) is 5.07. The van der Waals surface area contributed by atoms with E-state index in [1.165, 1.54) is 0 Å². The van der Waals surface area contributed by atoms with Crippen LogP contribution in [0.15, 0.2) is 22.7 Å². The Bertz CT molecular complexity index is 603. The summed E-state index contributed by atoms with van der Waals surface area (Å²) in [6.45, 7) is 0.00241. The van der Waals surface area contributed by atoms with E-state index in [4.69, 9.17) is 0 Å². The van der Waals surface area contributed by atoms with Crippen molar-refractivity contribution in [3.05, 3.63) is 33.8 Å². The highest BCUT2D eigenvalue weighted by atomic mass is 79.9. The molecule has 22 heavy (non-hydrogen) atoms. The molecule has 0 saturated heterocycles. The van der Waals surface area contributed by atoms with Gasteiger partial charge in [-0.3, -0.25) is 4.79 Å². The molecular formula is C14H13BrF3NO3. The number of carboxylic acids is 1. The van der Waals surface area contributed by atoms with E-state index in [-0.39, 0.29) is 13.0 Å². The first kappa shape index (κ1) is 16.8. The van der Waals surface area contributed by atoms with Gasteiger partial charge in [-0.15, -0.1) is 0 Å². The lowest BCUT2D eigenvalue weighted by atomic mass is 9.93. The van der Waals surface area contributed by atoms with Gasteiger partial charge < -0.3 is 10.0 Å². The zero-order valence-electron chi connectivity index (χ0n) is 11.4. The molecule has 2 rings (SSSR count). The van der Waals surface area contributed by atoms with Crippen LogP contribution in [0.4, 0.5) is 13.2 Å². The molecule has 1 aromatic rings. The van der Waals surface area contributed by atoms with E-state index >= 15 is 0 Å². The molecule has 1 aliphatic heterocycles. The molecule has 1 amide bonds. The Kier molecular flexibility index (Phi) is 4.79. The second kappa shape index (κ2) is 6.28. The molecule has 1 aromatic carbocycles. The summed E-state index contributed by atoms with van der Waals surface area (Å²) < 4.78 is 37.4. The number of benzene rings is 1. The van der Waals surface area contributed by atoms with Crippen LogP contribution in [0.2, 0.25) is 0 Å². The van der Waals surface area contributed by atoms with Crippen LogP contribution in [0.25, 0.3) is 0 Å². The molecule has 1 atom stereocenters. The minimum absolute atomic E-state index is 0.00241. The largest absolute Gasteiger partial charge is 0.480 e. The predicted octanol–water partition coefficient (Wildman–Crippen LogP) is 3.13. The van der Waals surface area contributed by atoms with Crippen molar-refractivity contribution >= 4 is 27.8 Å². The molecule has 120 valence electrons. The number of rotatable bonds is 3. The number of halogens is 4. The molecule has 1 aliphatic rings. The van der Waals surface area contributed by atoms with Crippen LogP contribution in [-0.4, -0.2) is 34.1 Å². The molecule has 0 fully saturated rings. The van der Waals surface area contributed by atoms with Crippen molar-refractivity contribution in [3.8, 4) is 0 Å². The first-order valence-electron chi connectivity index (χ1n) is 6.54. The number of carbonyl (C=O) groups is 2. The van der Waals surface area contributed by atoms with Crippen LogP contribution in [0.5, 0.6) is 0 Å². The van der Waals surface area contributed by atoms with Gasteiger partial charge >= 0.3 is 12.1 Å². The molecule has 1 N–H and O–H groups in total. The summed E-state index contributed by atoms with van der Waals surface area (Å²) in [5.41, 5.74) is 1.52. The topological polar surface area (TPSA) is 57.6 Å². The van der Waals surface area contributed by atoms with E-state index in [0.29, 0.717) is 0 Å². The summed E-state index contributed by atoms with van der Waals surface area (Å²) in [5, 5.41) is 9.27. The smallest absolute Gasteiger partial charge is 0.389 e. The highest BCUT2D eigenvalue weighted by Crippen LogP contribution is 2.31. The normalized spacial score (nSPS) is 18.0. The maximum atomic E-state index is 12.2. The average Bonchev–Trinajstić information content (AvgIpc) is 2.43. The fourth-order valence-electron chi connectivity index (χ4n) is 2.45. The third kappa shape index (κ3) is 3.79. The molecule has 0 radical (unpaired) electrons. The third-order valence-electron chi connectivity index (χ3n) is 3.56. The molecule has 0 bridgehead atoms. The first-order valence-corrected chi connectivity index (χ1v) is 7.33. The first-order chi connectivity index (χ1) is 10.2. The number of nitrogens with zero attached hydrogens (tertiary/aromatic N) is 1. The number of alkyl halides is 3. The number of hydrogen-bond acceptors (Lipinski definition) is 2. The van der Waals surface area contributed by atoms with Crippen molar-refractivity contribution < 1.29 is 27.9 Å². The Labute approximate surface area is 133 Å². The molecule has 1 unspecified atom stereocenters. The minimum Gasteiger partial charge on any atom is -0.480 e. The molecule has 0 aromatic heterocycles. The Morgan fingerprint density at radius 1 is 1.36 bits per heavy atom. The summed E-state index contributed by atoms with van der Waals surface area (Å²) in [5.74, 6) is -2.02. The van der Waals surface area contributed by atoms with Gasteiger partial charge in [0.05, 0.1) is 6.42 Å². The number of hydrogen-bond donors (Lipinski definition) is 1. The quantitative estimate of drug-likeness (QED) is 0.877. The summed E-state index contributed by atoms with van der Waals surface area (Å²) >= 11 is 3.33. The number of aliphatic carboxylic acids is 1. The summed E-state index contributed by atoms with van der Waals surface area (Å²) in [6, 6.07) is 4.09. The van der Waals surface area contributed by atoms with Crippen molar-refractivity contribution in [1.82, 2.24) is 4.90 Å². The van der Waals surface area contributed by atoms with Gasteiger partial charge in [-0.05, 0) is 17.2 Å². The zero-order chi connectivity index (χ0) is 16.5. The van der Waals surface area contributed by atoms with E-state index < -0.39 is 36.9 Å². The van der Waals surface area contributed by atoms with Crippen molar-refractivity contribution in [3.63, 3.8) is 0 Å². The molecule has 0 saturated carbocycles. The van der Waals surface area contributed by atoms with Gasteiger partial charge in [0.25, 0.3) is 0 Å². The summed E-state index contributed by atoms with van der Waals surface area (Å²) in [7, 11) is 0. The third-order valence-corrected chi connectivity index (χ3v) is 4.30. The van der Waals surface area contributed by atoms with Gasteiger partial charge in [-0.25, -0.2) is 4.79 Å². The molecule has 0 aliphatic carbocycles. The van der Waals surface area contributed by atoms with E-state index in [1.807, 2.05) is 0 Å². The summed E-state index contributed by atoms with van der Waals surface area (Å²) in [4.78, 5) is 24.4. The predicted molar refractivity (Wildman–Crippen MR) is 75.1 cm³/mol. The lowest BCUT2D eigenvalue weighted by Gasteiger charge is -2.35. The average molecular weight is 380 g/mol. The molecule has 1 heterocycles. The lowest BCUT2D eigenvalue weighted by Crippen LogP contribution is -2.48. The number of fused-ring (bicyclic) bond motifs is 1. The minimum atomic E-state index is -4.44. The van der Waals surface area contributed by atoms with Crippen LogP contribution in [0.1, 0.15) is 24.0 Å². The van der Waals surface area contributed by atoms with Gasteiger partial charge in [0.15, 0.2) is 0 Å². The van der Waals surface area contributed by atoms with Crippen molar-refractivity contribution in [1.29, 1.82) is 0 Å².